The average molecular weight is 483 g/mol. The van der Waals surface area contributed by atoms with Gasteiger partial charge in [-0.1, -0.05) is 22.7 Å². The summed E-state index contributed by atoms with van der Waals surface area (Å²) >= 11 is 0. The lowest BCUT2D eigenvalue weighted by Gasteiger charge is -2.38. The predicted octanol–water partition coefficient (Wildman–Crippen LogP) is 6.17. The summed E-state index contributed by atoms with van der Waals surface area (Å²) < 4.78 is 47.6. The molecule has 3 aromatic rings. The average Bonchev–Trinajstić information content (AvgIpc) is 3.14. The molecule has 1 unspecified atom stereocenters. The van der Waals surface area contributed by atoms with Gasteiger partial charge in [-0.25, -0.2) is 9.18 Å². The van der Waals surface area contributed by atoms with Gasteiger partial charge in [0.2, 0.25) is 0 Å². The van der Waals surface area contributed by atoms with Crippen molar-refractivity contribution in [2.24, 2.45) is 0 Å². The van der Waals surface area contributed by atoms with E-state index in [0.29, 0.717) is 26.9 Å². The van der Waals surface area contributed by atoms with Crippen LogP contribution < -0.4 is 13.7 Å². The van der Waals surface area contributed by atoms with Crippen LogP contribution >= 0.6 is 10.6 Å². The minimum atomic E-state index is -3.04. The first kappa shape index (κ1) is 23.4. The molecule has 1 N–H and O–H groups in total. The molecule has 6 nitrogen and oxygen atoms in total. The normalized spacial score (nSPS) is 18.6. The number of benzene rings is 3. The van der Waals surface area contributed by atoms with Crippen LogP contribution in [-0.2, 0) is 9.53 Å². The highest BCUT2D eigenvalue weighted by atomic mass is 32.3. The SMILES string of the molecule is COC(=O)C=Cc1ccc(OS2(O)C(c3ccc(OC)c(F)c3)=Cc3ccc(OC)cc32)cc1. The topological polar surface area (TPSA) is 74.2 Å². The Morgan fingerprint density at radius 1 is 0.941 bits per heavy atom. The van der Waals surface area contributed by atoms with Gasteiger partial charge < -0.3 is 18.4 Å². The number of methoxy groups -OCH3 is 3. The second kappa shape index (κ2) is 9.62. The zero-order chi connectivity index (χ0) is 24.3. The largest absolute Gasteiger partial charge is 0.497 e. The fraction of sp³-hybridized carbons (Fsp3) is 0.115. The highest BCUT2D eigenvalue weighted by Gasteiger charge is 2.36. The molecule has 0 saturated carbocycles. The Balaban J connectivity index is 1.73. The zero-order valence-electron chi connectivity index (χ0n) is 18.8. The van der Waals surface area contributed by atoms with Crippen LogP contribution in [0.4, 0.5) is 4.39 Å². The Morgan fingerprint density at radius 3 is 2.32 bits per heavy atom. The first-order valence-corrected chi connectivity index (χ1v) is 11.7. The third-order valence-corrected chi connectivity index (χ3v) is 7.58. The van der Waals surface area contributed by atoms with Crippen molar-refractivity contribution < 1.29 is 32.1 Å². The van der Waals surface area contributed by atoms with E-state index in [1.165, 1.54) is 32.4 Å². The summed E-state index contributed by atoms with van der Waals surface area (Å²) in [7, 11) is 1.20. The summed E-state index contributed by atoms with van der Waals surface area (Å²) in [5.74, 6) is 0.0713. The van der Waals surface area contributed by atoms with E-state index in [9.17, 15) is 13.7 Å². The Hall–Kier alpha value is -3.75. The summed E-state index contributed by atoms with van der Waals surface area (Å²) in [5, 5.41) is 0. The first-order valence-electron chi connectivity index (χ1n) is 10.2. The molecule has 3 aromatic carbocycles. The van der Waals surface area contributed by atoms with Gasteiger partial charge in [-0.2, -0.15) is 0 Å². The maximum atomic E-state index is 14.5. The molecule has 0 aromatic heterocycles. The van der Waals surface area contributed by atoms with Gasteiger partial charge in [0.1, 0.15) is 5.75 Å². The number of halogens is 1. The fourth-order valence-electron chi connectivity index (χ4n) is 3.50. The lowest BCUT2D eigenvalue weighted by atomic mass is 10.1. The van der Waals surface area contributed by atoms with Crippen LogP contribution in [0.1, 0.15) is 16.7 Å². The second-order valence-corrected chi connectivity index (χ2v) is 9.39. The molecule has 0 radical (unpaired) electrons. The summed E-state index contributed by atoms with van der Waals surface area (Å²) in [6.07, 6.45) is 4.71. The lowest BCUT2D eigenvalue weighted by molar-refractivity contribution is -0.134. The number of hydrogen-bond acceptors (Lipinski definition) is 6. The van der Waals surface area contributed by atoms with E-state index < -0.39 is 22.4 Å². The van der Waals surface area contributed by atoms with Gasteiger partial charge in [-0.3, -0.25) is 4.55 Å². The number of rotatable bonds is 7. The molecule has 0 amide bonds. The maximum absolute atomic E-state index is 14.5. The van der Waals surface area contributed by atoms with Crippen molar-refractivity contribution in [2.75, 3.05) is 21.3 Å². The van der Waals surface area contributed by atoms with Crippen molar-refractivity contribution in [1.29, 1.82) is 0 Å². The van der Waals surface area contributed by atoms with E-state index in [4.69, 9.17) is 13.7 Å². The standard InChI is InChI=1S/C26H23FO6S/c1-30-21-11-7-19-15-24(18-8-12-23(31-2)22(27)14-18)34(29,25(19)16-21)33-20-9-4-17(5-10-20)6-13-26(28)32-3/h4-16,29H,1-3H3. The maximum Gasteiger partial charge on any atom is 0.330 e. The van der Waals surface area contributed by atoms with Gasteiger partial charge >= 0.3 is 5.97 Å². The van der Waals surface area contributed by atoms with Crippen LogP contribution in [0.15, 0.2) is 71.6 Å². The molecular weight excluding hydrogens is 459 g/mol. The third-order valence-electron chi connectivity index (χ3n) is 5.25. The number of carbonyl (C=O) groups excluding carboxylic acids is 1. The monoisotopic (exact) mass is 482 g/mol. The minimum absolute atomic E-state index is 0.108. The van der Waals surface area contributed by atoms with Gasteiger partial charge in [-0.05, 0) is 60.2 Å². The van der Waals surface area contributed by atoms with Crippen LogP contribution in [0.3, 0.4) is 0 Å². The lowest BCUT2D eigenvalue weighted by Crippen LogP contribution is -2.08. The summed E-state index contributed by atoms with van der Waals surface area (Å²) in [6, 6.07) is 16.7. The van der Waals surface area contributed by atoms with Crippen molar-refractivity contribution in [2.45, 2.75) is 4.90 Å². The van der Waals surface area contributed by atoms with E-state index >= 15 is 0 Å². The molecule has 0 saturated heterocycles. The van der Waals surface area contributed by atoms with E-state index in [1.807, 2.05) is 6.07 Å². The van der Waals surface area contributed by atoms with Crippen LogP contribution in [0.2, 0.25) is 0 Å². The Bertz CT molecular complexity index is 1280. The zero-order valence-corrected chi connectivity index (χ0v) is 19.6. The molecule has 34 heavy (non-hydrogen) atoms. The summed E-state index contributed by atoms with van der Waals surface area (Å²) in [5.41, 5.74) is 1.98. The van der Waals surface area contributed by atoms with E-state index in [-0.39, 0.29) is 5.75 Å². The Morgan fingerprint density at radius 2 is 1.68 bits per heavy atom. The van der Waals surface area contributed by atoms with Crippen molar-refractivity contribution >= 4 is 33.6 Å². The molecule has 0 bridgehead atoms. The number of ether oxygens (including phenoxy) is 3. The molecule has 8 heteroatoms. The number of hydrogen-bond donors (Lipinski definition) is 1. The molecular formula is C26H23FO6S. The smallest absolute Gasteiger partial charge is 0.330 e. The molecule has 176 valence electrons. The van der Waals surface area contributed by atoms with Crippen LogP contribution in [0, 0.1) is 5.82 Å². The molecule has 0 fully saturated rings. The van der Waals surface area contributed by atoms with Crippen molar-refractivity contribution in [3.63, 3.8) is 0 Å². The highest BCUT2D eigenvalue weighted by molar-refractivity contribution is 8.33. The third kappa shape index (κ3) is 4.50. The van der Waals surface area contributed by atoms with Gasteiger partial charge in [0.15, 0.2) is 17.3 Å². The molecule has 0 aliphatic carbocycles. The molecule has 1 aliphatic rings. The molecule has 4 rings (SSSR count). The van der Waals surface area contributed by atoms with Gasteiger partial charge in [0, 0.05) is 23.3 Å². The van der Waals surface area contributed by atoms with Crippen molar-refractivity contribution in [3.05, 3.63) is 89.2 Å². The number of fused-ring (bicyclic) bond motifs is 1. The van der Waals surface area contributed by atoms with Crippen LogP contribution in [0.5, 0.6) is 17.2 Å². The highest BCUT2D eigenvalue weighted by Crippen LogP contribution is 2.68. The van der Waals surface area contributed by atoms with E-state index in [1.54, 1.807) is 61.7 Å². The van der Waals surface area contributed by atoms with Crippen LogP contribution in [-0.4, -0.2) is 31.9 Å². The first-order chi connectivity index (χ1) is 16.4. The molecule has 0 spiro atoms. The minimum Gasteiger partial charge on any atom is -0.497 e. The predicted molar refractivity (Wildman–Crippen MR) is 130 cm³/mol. The van der Waals surface area contributed by atoms with Crippen molar-refractivity contribution in [1.82, 2.24) is 0 Å². The quantitative estimate of drug-likeness (QED) is 0.321. The van der Waals surface area contributed by atoms with E-state index in [2.05, 4.69) is 4.74 Å². The Kier molecular flexibility index (Phi) is 6.63. The van der Waals surface area contributed by atoms with Crippen LogP contribution in [0.25, 0.3) is 17.1 Å². The second-order valence-electron chi connectivity index (χ2n) is 7.30. The van der Waals surface area contributed by atoms with Gasteiger partial charge in [0.05, 0.1) is 31.1 Å². The molecule has 1 atom stereocenters. The molecule has 1 aliphatic heterocycles. The van der Waals surface area contributed by atoms with Gasteiger partial charge in [-0.15, -0.1) is 0 Å². The number of esters is 1. The fourth-order valence-corrected chi connectivity index (χ4v) is 5.76. The summed E-state index contributed by atoms with van der Waals surface area (Å²) in [4.78, 5) is 12.3. The summed E-state index contributed by atoms with van der Waals surface area (Å²) in [6.45, 7) is 0. The van der Waals surface area contributed by atoms with Gasteiger partial charge in [0.25, 0.3) is 0 Å². The van der Waals surface area contributed by atoms with Crippen molar-refractivity contribution in [3.8, 4) is 17.2 Å². The van der Waals surface area contributed by atoms with E-state index in [0.717, 1.165) is 11.1 Å². The number of carbonyl (C=O) groups is 1. The molecule has 1 heterocycles. The Labute approximate surface area is 198 Å².